The SMILES string of the molecule is CNC(=O)C(C)Oc1cc(F)ccc1[C@@H](C)O. The van der Waals surface area contributed by atoms with Gasteiger partial charge in [-0.3, -0.25) is 4.79 Å². The summed E-state index contributed by atoms with van der Waals surface area (Å²) in [5.74, 6) is -0.615. The number of hydrogen-bond acceptors (Lipinski definition) is 3. The highest BCUT2D eigenvalue weighted by molar-refractivity contribution is 5.80. The Kier molecular flexibility index (Phi) is 4.45. The van der Waals surface area contributed by atoms with Gasteiger partial charge in [-0.1, -0.05) is 0 Å². The standard InChI is InChI=1S/C12H16FNO3/c1-7(15)10-5-4-9(13)6-11(10)17-8(2)12(16)14-3/h4-8,15H,1-3H3,(H,14,16)/t7-,8?/m1/s1. The molecule has 1 aromatic rings. The first kappa shape index (κ1) is 13.4. The predicted molar refractivity (Wildman–Crippen MR) is 61.2 cm³/mol. The first-order valence-electron chi connectivity index (χ1n) is 5.31. The lowest BCUT2D eigenvalue weighted by atomic mass is 10.1. The van der Waals surface area contributed by atoms with Crippen molar-refractivity contribution in [3.05, 3.63) is 29.6 Å². The molecule has 0 saturated heterocycles. The smallest absolute Gasteiger partial charge is 0.260 e. The number of amides is 1. The highest BCUT2D eigenvalue weighted by Gasteiger charge is 2.17. The van der Waals surface area contributed by atoms with Gasteiger partial charge in [-0.05, 0) is 26.0 Å². The van der Waals surface area contributed by atoms with Crippen molar-refractivity contribution in [3.63, 3.8) is 0 Å². The van der Waals surface area contributed by atoms with Gasteiger partial charge in [0.25, 0.3) is 5.91 Å². The van der Waals surface area contributed by atoms with Crippen LogP contribution in [0.4, 0.5) is 4.39 Å². The molecule has 17 heavy (non-hydrogen) atoms. The van der Waals surface area contributed by atoms with Gasteiger partial charge in [-0.2, -0.15) is 0 Å². The Morgan fingerprint density at radius 1 is 1.47 bits per heavy atom. The normalized spacial score (nSPS) is 13.9. The van der Waals surface area contributed by atoms with Crippen LogP contribution in [0.25, 0.3) is 0 Å². The molecular formula is C12H16FNO3. The number of halogens is 1. The molecule has 0 bridgehead atoms. The van der Waals surface area contributed by atoms with Crippen LogP contribution in [0.2, 0.25) is 0 Å². The fourth-order valence-electron chi connectivity index (χ4n) is 1.40. The van der Waals surface area contributed by atoms with Crippen molar-refractivity contribution in [3.8, 4) is 5.75 Å². The highest BCUT2D eigenvalue weighted by atomic mass is 19.1. The molecule has 0 saturated carbocycles. The third kappa shape index (κ3) is 3.42. The van der Waals surface area contributed by atoms with E-state index in [4.69, 9.17) is 4.74 Å². The number of carbonyl (C=O) groups excluding carboxylic acids is 1. The van der Waals surface area contributed by atoms with Gasteiger partial charge >= 0.3 is 0 Å². The van der Waals surface area contributed by atoms with E-state index in [1.807, 2.05) is 0 Å². The molecule has 0 aliphatic rings. The van der Waals surface area contributed by atoms with Gasteiger partial charge < -0.3 is 15.2 Å². The second-order valence-electron chi connectivity index (χ2n) is 3.73. The maximum absolute atomic E-state index is 13.1. The van der Waals surface area contributed by atoms with Crippen LogP contribution in [0.15, 0.2) is 18.2 Å². The number of ether oxygens (including phenoxy) is 1. The second kappa shape index (κ2) is 5.63. The zero-order valence-electron chi connectivity index (χ0n) is 10.0. The molecule has 1 unspecified atom stereocenters. The third-order valence-corrected chi connectivity index (χ3v) is 2.35. The lowest BCUT2D eigenvalue weighted by molar-refractivity contribution is -0.126. The van der Waals surface area contributed by atoms with Gasteiger partial charge in [0, 0.05) is 18.7 Å². The Morgan fingerprint density at radius 2 is 2.12 bits per heavy atom. The highest BCUT2D eigenvalue weighted by Crippen LogP contribution is 2.26. The van der Waals surface area contributed by atoms with Gasteiger partial charge in [-0.25, -0.2) is 4.39 Å². The molecule has 0 aromatic heterocycles. The average Bonchev–Trinajstić information content (AvgIpc) is 2.27. The number of carbonyl (C=O) groups is 1. The van der Waals surface area contributed by atoms with Crippen LogP contribution in [-0.4, -0.2) is 24.2 Å². The van der Waals surface area contributed by atoms with E-state index in [0.29, 0.717) is 5.56 Å². The van der Waals surface area contributed by atoms with Crippen LogP contribution in [0, 0.1) is 5.82 Å². The van der Waals surface area contributed by atoms with Crippen LogP contribution in [-0.2, 0) is 4.79 Å². The summed E-state index contributed by atoms with van der Waals surface area (Å²) in [5.41, 5.74) is 0.446. The maximum Gasteiger partial charge on any atom is 0.260 e. The van der Waals surface area contributed by atoms with Gasteiger partial charge in [0.2, 0.25) is 0 Å². The molecule has 0 radical (unpaired) electrons. The summed E-state index contributed by atoms with van der Waals surface area (Å²) in [6.45, 7) is 3.10. The molecule has 4 nitrogen and oxygen atoms in total. The van der Waals surface area contributed by atoms with Crippen molar-refractivity contribution < 1.29 is 19.0 Å². The zero-order chi connectivity index (χ0) is 13.0. The van der Waals surface area contributed by atoms with E-state index in [1.165, 1.54) is 19.2 Å². The Bertz CT molecular complexity index is 407. The molecule has 1 rings (SSSR count). The van der Waals surface area contributed by atoms with E-state index < -0.39 is 18.0 Å². The molecule has 94 valence electrons. The fraction of sp³-hybridized carbons (Fsp3) is 0.417. The number of hydrogen-bond donors (Lipinski definition) is 2. The van der Waals surface area contributed by atoms with Crippen molar-refractivity contribution in [2.24, 2.45) is 0 Å². The van der Waals surface area contributed by atoms with Gasteiger partial charge in [0.05, 0.1) is 6.10 Å². The van der Waals surface area contributed by atoms with Gasteiger partial charge in [-0.15, -0.1) is 0 Å². The lowest BCUT2D eigenvalue weighted by Crippen LogP contribution is -2.34. The van der Waals surface area contributed by atoms with Gasteiger partial charge in [0.15, 0.2) is 6.10 Å². The molecule has 5 heteroatoms. The Morgan fingerprint density at radius 3 is 2.65 bits per heavy atom. The minimum atomic E-state index is -0.789. The van der Waals surface area contributed by atoms with Crippen molar-refractivity contribution >= 4 is 5.91 Å². The molecule has 0 fully saturated rings. The minimum absolute atomic E-state index is 0.177. The zero-order valence-corrected chi connectivity index (χ0v) is 10.0. The van der Waals surface area contributed by atoms with E-state index in [9.17, 15) is 14.3 Å². The molecule has 2 N–H and O–H groups in total. The van der Waals surface area contributed by atoms with Crippen molar-refractivity contribution in [1.29, 1.82) is 0 Å². The Hall–Kier alpha value is -1.62. The number of benzene rings is 1. The van der Waals surface area contributed by atoms with Crippen LogP contribution < -0.4 is 10.1 Å². The monoisotopic (exact) mass is 241 g/mol. The molecule has 1 aromatic carbocycles. The van der Waals surface area contributed by atoms with Crippen molar-refractivity contribution in [2.75, 3.05) is 7.05 Å². The summed E-state index contributed by atoms with van der Waals surface area (Å²) in [7, 11) is 1.49. The summed E-state index contributed by atoms with van der Waals surface area (Å²) >= 11 is 0. The summed E-state index contributed by atoms with van der Waals surface area (Å²) in [6.07, 6.45) is -1.54. The average molecular weight is 241 g/mol. The molecule has 1 amide bonds. The second-order valence-corrected chi connectivity index (χ2v) is 3.73. The van der Waals surface area contributed by atoms with Gasteiger partial charge in [0.1, 0.15) is 11.6 Å². The Balaban J connectivity index is 2.96. The maximum atomic E-state index is 13.1. The lowest BCUT2D eigenvalue weighted by Gasteiger charge is -2.17. The first-order chi connectivity index (χ1) is 7.95. The summed E-state index contributed by atoms with van der Waals surface area (Å²) in [4.78, 5) is 11.3. The number of rotatable bonds is 4. The molecule has 0 spiro atoms. The Labute approximate surface area is 99.4 Å². The molecule has 0 aliphatic carbocycles. The van der Waals surface area contributed by atoms with Crippen LogP contribution in [0.3, 0.4) is 0 Å². The fourth-order valence-corrected chi connectivity index (χ4v) is 1.40. The predicted octanol–water partition coefficient (Wildman–Crippen LogP) is 1.39. The number of likely N-dealkylation sites (N-methyl/N-ethyl adjacent to an activating group) is 1. The third-order valence-electron chi connectivity index (χ3n) is 2.35. The largest absolute Gasteiger partial charge is 0.480 e. The number of aliphatic hydroxyl groups is 1. The summed E-state index contributed by atoms with van der Waals surface area (Å²) in [6, 6.07) is 3.83. The van der Waals surface area contributed by atoms with E-state index >= 15 is 0 Å². The van der Waals surface area contributed by atoms with Crippen LogP contribution in [0.1, 0.15) is 25.5 Å². The van der Waals surface area contributed by atoms with E-state index in [0.717, 1.165) is 6.07 Å². The molecule has 2 atom stereocenters. The van der Waals surface area contributed by atoms with E-state index in [-0.39, 0.29) is 11.7 Å². The summed E-state index contributed by atoms with van der Waals surface area (Å²) < 4.78 is 18.4. The molecule has 0 aliphatic heterocycles. The van der Waals surface area contributed by atoms with E-state index in [2.05, 4.69) is 5.32 Å². The van der Waals surface area contributed by atoms with Crippen LogP contribution in [0.5, 0.6) is 5.75 Å². The first-order valence-corrected chi connectivity index (χ1v) is 5.31. The van der Waals surface area contributed by atoms with Crippen molar-refractivity contribution in [2.45, 2.75) is 26.1 Å². The molecule has 0 heterocycles. The quantitative estimate of drug-likeness (QED) is 0.837. The molecular weight excluding hydrogens is 225 g/mol. The topological polar surface area (TPSA) is 58.6 Å². The number of nitrogens with one attached hydrogen (secondary N) is 1. The summed E-state index contributed by atoms with van der Waals surface area (Å²) in [5, 5.41) is 11.9. The minimum Gasteiger partial charge on any atom is -0.480 e. The van der Waals surface area contributed by atoms with Crippen LogP contribution >= 0.6 is 0 Å². The number of aliphatic hydroxyl groups excluding tert-OH is 1. The van der Waals surface area contributed by atoms with Crippen molar-refractivity contribution in [1.82, 2.24) is 5.32 Å². The van der Waals surface area contributed by atoms with E-state index in [1.54, 1.807) is 13.8 Å².